The van der Waals surface area contributed by atoms with E-state index < -0.39 is 6.10 Å². The first-order valence-corrected chi connectivity index (χ1v) is 39.8. The van der Waals surface area contributed by atoms with Crippen LogP contribution in [-0.4, -0.2) is 429 Å². The van der Waals surface area contributed by atoms with Crippen molar-refractivity contribution in [1.82, 2.24) is 201 Å². The first-order valence-electron chi connectivity index (χ1n) is 31.9. The molecule has 0 aliphatic carbocycles. The van der Waals surface area contributed by atoms with Crippen molar-refractivity contribution in [3.05, 3.63) is 0 Å². The van der Waals surface area contributed by atoms with Gasteiger partial charge in [-0.3, -0.25) is 4.79 Å². The molecule has 50 heteroatoms. The number of tetrazole rings is 8. The van der Waals surface area contributed by atoms with Crippen LogP contribution in [0.1, 0.15) is 0 Å². The number of carbonyl (C=O) groups excluding carboxylic acids is 1. The topological polar surface area (TPSA) is 412 Å². The van der Waals surface area contributed by atoms with Crippen LogP contribution >= 0.6 is 94.1 Å². The number of hydrogen-bond donors (Lipinski definition) is 1. The van der Waals surface area contributed by atoms with Crippen molar-refractivity contribution in [3.63, 3.8) is 0 Å². The summed E-state index contributed by atoms with van der Waals surface area (Å²) in [7, 11) is 32.3. The fourth-order valence-corrected chi connectivity index (χ4v) is 16.4. The van der Waals surface area contributed by atoms with Crippen molar-refractivity contribution in [2.24, 2.45) is 5.41 Å². The summed E-state index contributed by atoms with van der Waals surface area (Å²) in [5.74, 6) is 4.57. The van der Waals surface area contributed by atoms with E-state index in [1.54, 1.807) is 65.8 Å². The van der Waals surface area contributed by atoms with E-state index >= 15 is 0 Å². The molecule has 562 valence electrons. The number of aliphatic hydroxyl groups excluding tert-OH is 1. The molecule has 42 nitrogen and oxygen atoms in total. The molecule has 8 aromatic rings. The van der Waals surface area contributed by atoms with E-state index in [1.165, 1.54) is 47.0 Å². The van der Waals surface area contributed by atoms with Crippen LogP contribution in [0.25, 0.3) is 0 Å². The van der Waals surface area contributed by atoms with Gasteiger partial charge < -0.3 is 44.3 Å². The number of aliphatic hydroxyl groups is 1. The Hall–Kier alpha value is -5.33. The number of likely N-dealkylation sites (N-methyl/N-ethyl adjacent to an activating group) is 8. The molecule has 0 unspecified atom stereocenters. The third-order valence-corrected chi connectivity index (χ3v) is 23.1. The largest absolute Gasteiger partial charge is 0.391 e. The Morgan fingerprint density at radius 1 is 0.297 bits per heavy atom. The van der Waals surface area contributed by atoms with Gasteiger partial charge in [0.2, 0.25) is 41.3 Å². The molecule has 0 saturated heterocycles. The van der Waals surface area contributed by atoms with Gasteiger partial charge in [-0.15, -0.1) is 40.8 Å². The molecule has 0 spiro atoms. The molecule has 0 bridgehead atoms. The molecule has 1 N–H and O–H groups in total. The fourth-order valence-electron chi connectivity index (χ4n) is 7.72. The number of Topliss-reactive ketones (excluding diaryl/α,β-unsaturated/α-hetero) is 1. The third-order valence-electron chi connectivity index (χ3n) is 13.6. The maximum Gasteiger partial charge on any atom is 0.209 e. The van der Waals surface area contributed by atoms with Crippen LogP contribution in [-0.2, 0) is 57.2 Å². The first-order chi connectivity index (χ1) is 48.4. The highest BCUT2D eigenvalue weighted by Gasteiger charge is 2.35. The van der Waals surface area contributed by atoms with Gasteiger partial charge in [-0.25, -0.2) is 37.5 Å². The molecule has 0 aliphatic rings. The van der Waals surface area contributed by atoms with E-state index in [0.29, 0.717) is 119 Å². The van der Waals surface area contributed by atoms with E-state index in [4.69, 9.17) is 0 Å². The van der Waals surface area contributed by atoms with Crippen LogP contribution in [0.15, 0.2) is 41.3 Å². The molecular weight excluding hydrogens is 1460 g/mol. The highest BCUT2D eigenvalue weighted by Crippen LogP contribution is 2.41. The van der Waals surface area contributed by atoms with E-state index in [0.717, 1.165) is 73.0 Å². The van der Waals surface area contributed by atoms with Crippen molar-refractivity contribution in [2.75, 3.05) is 211 Å². The van der Waals surface area contributed by atoms with Crippen molar-refractivity contribution in [3.8, 4) is 0 Å². The van der Waals surface area contributed by atoms with Crippen LogP contribution in [0.2, 0.25) is 0 Å². The van der Waals surface area contributed by atoms with Gasteiger partial charge in [0.1, 0.15) is 0 Å². The van der Waals surface area contributed by atoms with Crippen molar-refractivity contribution < 1.29 is 9.90 Å². The molecule has 8 aromatic heterocycles. The predicted octanol–water partition coefficient (Wildman–Crippen LogP) is -2.40. The number of ketones is 1. The molecule has 0 fully saturated rings. The number of thioether (sulfide) groups is 8. The molecule has 0 aromatic carbocycles. The number of carbonyl (C=O) groups is 1. The number of aromatic nitrogens is 32. The lowest BCUT2D eigenvalue weighted by molar-refractivity contribution is -0.114. The van der Waals surface area contributed by atoms with E-state index in [2.05, 4.69) is 163 Å². The summed E-state index contributed by atoms with van der Waals surface area (Å²) < 4.78 is 14.4. The minimum Gasteiger partial charge on any atom is -0.391 e. The normalized spacial score (nSPS) is 12.1. The quantitative estimate of drug-likeness (QED) is 0.0388. The van der Waals surface area contributed by atoms with Crippen molar-refractivity contribution in [1.29, 1.82) is 0 Å². The maximum atomic E-state index is 12.2. The van der Waals surface area contributed by atoms with Crippen molar-refractivity contribution >= 4 is 99.9 Å². The smallest absolute Gasteiger partial charge is 0.209 e. The fraction of sp³-hybridized carbons (Fsp3) is 0.824. The molecule has 8 rings (SSSR count). The lowest BCUT2D eigenvalue weighted by Crippen LogP contribution is -2.34. The summed E-state index contributed by atoms with van der Waals surface area (Å²) in [6.07, 6.45) is -0.511. The third kappa shape index (κ3) is 32.3. The average Bonchev–Trinajstić information content (AvgIpc) is 1.79. The zero-order valence-electron chi connectivity index (χ0n) is 60.6. The lowest BCUT2D eigenvalue weighted by Gasteiger charge is -2.32. The van der Waals surface area contributed by atoms with Crippen LogP contribution in [0.3, 0.4) is 0 Å². The van der Waals surface area contributed by atoms with Gasteiger partial charge in [0.15, 0.2) is 5.78 Å². The van der Waals surface area contributed by atoms with Gasteiger partial charge in [0, 0.05) is 92.3 Å². The Morgan fingerprint density at radius 2 is 0.465 bits per heavy atom. The standard InChI is InChI=1S/C25H48N20S4.C13H26N10OS2.C13H24N10OS2/c1-38(2)9-13-42-21(26-30-34-42)46-17-25(18-47-22-27-31-35-43(22)14-10-39(3)4,19-48-23-28-32-36-44(23)15-11-40(5)6)20-49-24-29-33-37-45(24)16-12-41(7)8;2*1-20(2)5-7-22-12(14-16-18-22)25-9-11(24)10-26-13-15-17-19-23(13)8-6-21(3)4/h9-20H2,1-8H3;11,24H,5-10H2,1-4H3;5-10H2,1-4H3. The molecule has 0 radical (unpaired) electrons. The molecule has 0 atom stereocenters. The monoisotopic (exact) mass is 1560 g/mol. The molecule has 0 amide bonds. The average molecular weight is 1560 g/mol. The molecule has 0 saturated carbocycles. The number of rotatable bonds is 48. The Morgan fingerprint density at radius 3 is 0.644 bits per heavy atom. The van der Waals surface area contributed by atoms with E-state index in [1.807, 2.05) is 131 Å². The predicted molar refractivity (Wildman–Crippen MR) is 390 cm³/mol. The van der Waals surface area contributed by atoms with Crippen molar-refractivity contribution in [2.45, 2.75) is 99.7 Å². The number of nitrogens with zero attached hydrogens (tertiary/aromatic N) is 40. The van der Waals surface area contributed by atoms with Gasteiger partial charge in [-0.2, -0.15) is 0 Å². The van der Waals surface area contributed by atoms with Gasteiger partial charge in [-0.05, 0) is 196 Å². The van der Waals surface area contributed by atoms with E-state index in [-0.39, 0.29) is 11.2 Å². The minimum atomic E-state index is -0.511. The Labute approximate surface area is 622 Å². The molecular formula is C51H98N40O2S8. The Balaban J connectivity index is 0.000000260. The second-order valence-electron chi connectivity index (χ2n) is 24.9. The van der Waals surface area contributed by atoms with Gasteiger partial charge in [0.25, 0.3) is 0 Å². The second-order valence-corrected chi connectivity index (χ2v) is 32.6. The summed E-state index contributed by atoms with van der Waals surface area (Å²) in [6.45, 7) is 12.2. The minimum absolute atomic E-state index is 0.0873. The summed E-state index contributed by atoms with van der Waals surface area (Å²) in [5.41, 5.74) is -0.321. The summed E-state index contributed by atoms with van der Waals surface area (Å²) >= 11 is 12.2. The lowest BCUT2D eigenvalue weighted by atomic mass is 9.99. The van der Waals surface area contributed by atoms with Crippen LogP contribution in [0.5, 0.6) is 0 Å². The van der Waals surface area contributed by atoms with Gasteiger partial charge >= 0.3 is 0 Å². The van der Waals surface area contributed by atoms with Gasteiger partial charge in [-0.1, -0.05) is 94.1 Å². The highest BCUT2D eigenvalue weighted by atomic mass is 32.2. The Kier molecular flexibility index (Phi) is 38.4. The molecule has 0 aliphatic heterocycles. The number of hydrogen-bond acceptors (Lipinski definition) is 42. The van der Waals surface area contributed by atoms with Crippen LogP contribution < -0.4 is 0 Å². The molecule has 8 heterocycles. The van der Waals surface area contributed by atoms with Crippen LogP contribution in [0.4, 0.5) is 0 Å². The zero-order chi connectivity index (χ0) is 73.1. The SMILES string of the molecule is CN(C)CCn1nnnc1SCC(=O)CSc1nnnn1CCN(C)C.CN(C)CCn1nnnc1SCC(CSc1nnnn1CCN(C)C)(CSc1nnnn1CCN(C)C)CSc1nnnn1CCN(C)C.CN(C)CCn1nnnc1SCC(O)CSc1nnnn1CCN(C)C. The Bertz CT molecular complexity index is 3170. The maximum absolute atomic E-state index is 12.2. The zero-order valence-corrected chi connectivity index (χ0v) is 67.1. The summed E-state index contributed by atoms with van der Waals surface area (Å²) in [6, 6.07) is 0. The summed E-state index contributed by atoms with van der Waals surface area (Å²) in [5, 5.41) is 113. The highest BCUT2D eigenvalue weighted by molar-refractivity contribution is 8.02. The summed E-state index contributed by atoms with van der Waals surface area (Å²) in [4.78, 5) is 28.9. The second kappa shape index (κ2) is 45.8. The molecule has 101 heavy (non-hydrogen) atoms. The van der Waals surface area contributed by atoms with E-state index in [9.17, 15) is 9.90 Å². The first kappa shape index (κ1) is 84.6. The van der Waals surface area contributed by atoms with Gasteiger partial charge in [0.05, 0.1) is 70.0 Å². The van der Waals surface area contributed by atoms with Crippen LogP contribution in [0, 0.1) is 5.41 Å².